The maximum atomic E-state index is 12.3. The van der Waals surface area contributed by atoms with E-state index >= 15 is 0 Å². The Balaban J connectivity index is 1.94. The SMILES string of the molecule is O=C(O)C1(N2CCN(CC(F)(F)F)CC2)CCOC1. The van der Waals surface area contributed by atoms with Crippen LogP contribution in [0.3, 0.4) is 0 Å². The van der Waals surface area contributed by atoms with Gasteiger partial charge in [-0.05, 0) is 0 Å². The lowest BCUT2D eigenvalue weighted by Crippen LogP contribution is -2.61. The van der Waals surface area contributed by atoms with Gasteiger partial charge in [0.25, 0.3) is 0 Å². The average Bonchev–Trinajstić information content (AvgIpc) is 2.78. The number of alkyl halides is 3. The lowest BCUT2D eigenvalue weighted by Gasteiger charge is -2.42. The van der Waals surface area contributed by atoms with Gasteiger partial charge in [-0.25, -0.2) is 0 Å². The third kappa shape index (κ3) is 3.18. The highest BCUT2D eigenvalue weighted by molar-refractivity contribution is 5.79. The monoisotopic (exact) mass is 282 g/mol. The molecule has 0 spiro atoms. The number of nitrogens with zero attached hydrogens (tertiary/aromatic N) is 2. The topological polar surface area (TPSA) is 53.0 Å². The van der Waals surface area contributed by atoms with Crippen LogP contribution in [0.1, 0.15) is 6.42 Å². The normalized spacial score (nSPS) is 30.7. The molecule has 2 aliphatic rings. The van der Waals surface area contributed by atoms with E-state index in [-0.39, 0.29) is 19.7 Å². The molecule has 2 heterocycles. The second kappa shape index (κ2) is 5.26. The van der Waals surface area contributed by atoms with Crippen LogP contribution >= 0.6 is 0 Å². The fraction of sp³-hybridized carbons (Fsp3) is 0.909. The molecule has 0 aromatic heterocycles. The molecular formula is C11H17F3N2O3. The molecule has 0 saturated carbocycles. The number of carboxylic acids is 1. The summed E-state index contributed by atoms with van der Waals surface area (Å²) in [6.07, 6.45) is -3.81. The van der Waals surface area contributed by atoms with Gasteiger partial charge in [-0.1, -0.05) is 0 Å². The molecule has 1 N–H and O–H groups in total. The number of hydrogen-bond acceptors (Lipinski definition) is 4. The van der Waals surface area contributed by atoms with Crippen LogP contribution in [0.5, 0.6) is 0 Å². The Kier molecular flexibility index (Phi) is 4.03. The van der Waals surface area contributed by atoms with Crippen molar-refractivity contribution < 1.29 is 27.8 Å². The van der Waals surface area contributed by atoms with E-state index in [2.05, 4.69) is 0 Å². The first-order valence-corrected chi connectivity index (χ1v) is 6.19. The summed E-state index contributed by atoms with van der Waals surface area (Å²) in [4.78, 5) is 14.5. The Morgan fingerprint density at radius 3 is 2.32 bits per heavy atom. The second-order valence-electron chi connectivity index (χ2n) is 5.02. The van der Waals surface area contributed by atoms with E-state index in [9.17, 15) is 23.1 Å². The van der Waals surface area contributed by atoms with Gasteiger partial charge in [-0.3, -0.25) is 14.6 Å². The minimum absolute atomic E-state index is 0.113. The lowest BCUT2D eigenvalue weighted by molar-refractivity contribution is -0.160. The highest BCUT2D eigenvalue weighted by atomic mass is 19.4. The lowest BCUT2D eigenvalue weighted by atomic mass is 9.95. The molecular weight excluding hydrogens is 265 g/mol. The molecule has 19 heavy (non-hydrogen) atoms. The molecule has 5 nitrogen and oxygen atoms in total. The molecule has 1 unspecified atom stereocenters. The van der Waals surface area contributed by atoms with E-state index in [4.69, 9.17) is 4.74 Å². The molecule has 2 aliphatic heterocycles. The minimum Gasteiger partial charge on any atom is -0.480 e. The molecule has 0 aromatic rings. The zero-order valence-corrected chi connectivity index (χ0v) is 10.4. The van der Waals surface area contributed by atoms with Gasteiger partial charge in [0.15, 0.2) is 0 Å². The fourth-order valence-electron chi connectivity index (χ4n) is 2.70. The summed E-state index contributed by atoms with van der Waals surface area (Å²) in [7, 11) is 0. The van der Waals surface area contributed by atoms with Crippen molar-refractivity contribution in [3.8, 4) is 0 Å². The standard InChI is InChI=1S/C11H17F3N2O3/c12-11(13,14)7-15-2-4-16(5-3-15)10(9(17)18)1-6-19-8-10/h1-8H2,(H,17,18). The van der Waals surface area contributed by atoms with Crippen LogP contribution < -0.4 is 0 Å². The van der Waals surface area contributed by atoms with Gasteiger partial charge in [0.1, 0.15) is 5.54 Å². The summed E-state index contributed by atoms with van der Waals surface area (Å²) >= 11 is 0. The zero-order chi connectivity index (χ0) is 14.1. The number of aliphatic carboxylic acids is 1. The smallest absolute Gasteiger partial charge is 0.401 e. The van der Waals surface area contributed by atoms with Gasteiger partial charge < -0.3 is 9.84 Å². The molecule has 0 aromatic carbocycles. The van der Waals surface area contributed by atoms with Crippen molar-refractivity contribution in [3.05, 3.63) is 0 Å². The van der Waals surface area contributed by atoms with Crippen LogP contribution in [0.15, 0.2) is 0 Å². The first-order valence-electron chi connectivity index (χ1n) is 6.19. The van der Waals surface area contributed by atoms with Crippen LogP contribution in [0.25, 0.3) is 0 Å². The third-order valence-corrected chi connectivity index (χ3v) is 3.78. The fourth-order valence-corrected chi connectivity index (χ4v) is 2.70. The Morgan fingerprint density at radius 1 is 1.26 bits per heavy atom. The Morgan fingerprint density at radius 2 is 1.89 bits per heavy atom. The van der Waals surface area contributed by atoms with Gasteiger partial charge in [-0.15, -0.1) is 0 Å². The van der Waals surface area contributed by atoms with Gasteiger partial charge in [0, 0.05) is 39.2 Å². The summed E-state index contributed by atoms with van der Waals surface area (Å²) in [5.74, 6) is -0.950. The van der Waals surface area contributed by atoms with E-state index in [1.807, 2.05) is 0 Å². The number of halogens is 3. The van der Waals surface area contributed by atoms with Crippen molar-refractivity contribution in [2.45, 2.75) is 18.1 Å². The number of rotatable bonds is 3. The molecule has 0 radical (unpaired) electrons. The number of ether oxygens (including phenoxy) is 1. The van der Waals surface area contributed by atoms with Crippen LogP contribution in [-0.4, -0.2) is 78.5 Å². The highest BCUT2D eigenvalue weighted by Gasteiger charge is 2.48. The third-order valence-electron chi connectivity index (χ3n) is 3.78. The van der Waals surface area contributed by atoms with E-state index < -0.39 is 24.2 Å². The number of carboxylic acid groups (broad SMARTS) is 1. The summed E-state index contributed by atoms with van der Waals surface area (Å²) < 4.78 is 42.0. The van der Waals surface area contributed by atoms with Crippen molar-refractivity contribution in [1.82, 2.24) is 9.80 Å². The summed E-state index contributed by atoms with van der Waals surface area (Å²) in [6, 6.07) is 0. The maximum Gasteiger partial charge on any atom is 0.401 e. The predicted molar refractivity (Wildman–Crippen MR) is 59.9 cm³/mol. The Hall–Kier alpha value is -0.860. The molecule has 2 saturated heterocycles. The predicted octanol–water partition coefficient (Wildman–Crippen LogP) is 0.410. The Bertz CT molecular complexity index is 335. The van der Waals surface area contributed by atoms with E-state index in [0.717, 1.165) is 0 Å². The van der Waals surface area contributed by atoms with Crippen LogP contribution in [0, 0.1) is 0 Å². The van der Waals surface area contributed by atoms with E-state index in [0.29, 0.717) is 26.1 Å². The van der Waals surface area contributed by atoms with Crippen molar-refractivity contribution in [3.63, 3.8) is 0 Å². The molecule has 110 valence electrons. The van der Waals surface area contributed by atoms with Crippen LogP contribution in [0.4, 0.5) is 13.2 Å². The van der Waals surface area contributed by atoms with Crippen molar-refractivity contribution in [2.75, 3.05) is 45.9 Å². The van der Waals surface area contributed by atoms with Crippen molar-refractivity contribution >= 4 is 5.97 Å². The zero-order valence-electron chi connectivity index (χ0n) is 10.4. The number of carbonyl (C=O) groups is 1. The van der Waals surface area contributed by atoms with Gasteiger partial charge in [-0.2, -0.15) is 13.2 Å². The minimum atomic E-state index is -4.21. The Labute approximate surface area is 108 Å². The van der Waals surface area contributed by atoms with Gasteiger partial charge in [0.2, 0.25) is 0 Å². The molecule has 0 aliphatic carbocycles. The molecule has 2 fully saturated rings. The van der Waals surface area contributed by atoms with Crippen LogP contribution in [-0.2, 0) is 9.53 Å². The van der Waals surface area contributed by atoms with E-state index in [1.165, 1.54) is 4.90 Å². The highest BCUT2D eigenvalue weighted by Crippen LogP contribution is 2.28. The number of hydrogen-bond donors (Lipinski definition) is 1. The average molecular weight is 282 g/mol. The van der Waals surface area contributed by atoms with Gasteiger partial charge >= 0.3 is 12.1 Å². The first-order chi connectivity index (χ1) is 8.83. The van der Waals surface area contributed by atoms with Crippen LogP contribution in [0.2, 0.25) is 0 Å². The summed E-state index contributed by atoms with van der Waals surface area (Å²) in [5, 5.41) is 9.35. The molecule has 1 atom stereocenters. The quantitative estimate of drug-likeness (QED) is 0.812. The van der Waals surface area contributed by atoms with Crippen molar-refractivity contribution in [1.29, 1.82) is 0 Å². The maximum absolute atomic E-state index is 12.3. The van der Waals surface area contributed by atoms with Gasteiger partial charge in [0.05, 0.1) is 13.2 Å². The van der Waals surface area contributed by atoms with Crippen molar-refractivity contribution in [2.24, 2.45) is 0 Å². The second-order valence-corrected chi connectivity index (χ2v) is 5.02. The largest absolute Gasteiger partial charge is 0.480 e. The first kappa shape index (κ1) is 14.5. The molecule has 2 rings (SSSR count). The number of piperazine rings is 1. The molecule has 0 bridgehead atoms. The summed E-state index contributed by atoms with van der Waals surface area (Å²) in [6.45, 7) is 0.675. The molecule has 8 heteroatoms. The molecule has 0 amide bonds. The summed E-state index contributed by atoms with van der Waals surface area (Å²) in [5.41, 5.74) is -1.05. The van der Waals surface area contributed by atoms with E-state index in [1.54, 1.807) is 4.90 Å².